The largest absolute Gasteiger partial charge is 0.398 e. The molecule has 1 unspecified atom stereocenters. The topological polar surface area (TPSA) is 83.6 Å². The Morgan fingerprint density at radius 1 is 1.42 bits per heavy atom. The first-order valence-corrected chi connectivity index (χ1v) is 7.78. The van der Waals surface area contributed by atoms with Gasteiger partial charge in [0.15, 0.2) is 0 Å². The number of hydrogen-bond acceptors (Lipinski definition) is 4. The predicted molar refractivity (Wildman–Crippen MR) is 74.3 cm³/mol. The number of hydrogen-bond donors (Lipinski definition) is 2. The summed E-state index contributed by atoms with van der Waals surface area (Å²) in [6.07, 6.45) is 0.705. The van der Waals surface area contributed by atoms with Crippen molar-refractivity contribution in [2.45, 2.75) is 25.2 Å². The summed E-state index contributed by atoms with van der Waals surface area (Å²) in [5.41, 5.74) is 7.62. The van der Waals surface area contributed by atoms with E-state index in [1.165, 1.54) is 4.31 Å². The van der Waals surface area contributed by atoms with Crippen LogP contribution in [0.15, 0.2) is 17.0 Å². The Morgan fingerprint density at radius 2 is 2.11 bits per heavy atom. The molecule has 0 saturated carbocycles. The number of rotatable bonds is 3. The fraction of sp³-hybridized carbons (Fsp3) is 0.538. The van der Waals surface area contributed by atoms with Crippen molar-refractivity contribution in [3.63, 3.8) is 0 Å². The van der Waals surface area contributed by atoms with Gasteiger partial charge in [0.1, 0.15) is 0 Å². The highest BCUT2D eigenvalue weighted by molar-refractivity contribution is 7.89. The molecule has 1 fully saturated rings. The summed E-state index contributed by atoms with van der Waals surface area (Å²) in [6.45, 7) is 4.38. The summed E-state index contributed by atoms with van der Waals surface area (Å²) >= 11 is 0. The zero-order chi connectivity index (χ0) is 14.2. The normalized spacial score (nSPS) is 20.9. The molecular weight excluding hydrogens is 264 g/mol. The van der Waals surface area contributed by atoms with Crippen molar-refractivity contribution < 1.29 is 13.5 Å². The number of nitrogen functional groups attached to an aromatic ring is 1. The summed E-state index contributed by atoms with van der Waals surface area (Å²) in [4.78, 5) is 0.311. The van der Waals surface area contributed by atoms with Crippen molar-refractivity contribution in [3.05, 3.63) is 23.3 Å². The first-order valence-electron chi connectivity index (χ1n) is 6.34. The van der Waals surface area contributed by atoms with Gasteiger partial charge < -0.3 is 10.8 Å². The lowest BCUT2D eigenvalue weighted by atomic mass is 10.1. The number of aliphatic hydroxyl groups is 1. The van der Waals surface area contributed by atoms with Crippen molar-refractivity contribution in [3.8, 4) is 0 Å². The zero-order valence-corrected chi connectivity index (χ0v) is 12.1. The van der Waals surface area contributed by atoms with Crippen LogP contribution in [0.25, 0.3) is 0 Å². The molecule has 0 radical (unpaired) electrons. The average molecular weight is 284 g/mol. The Kier molecular flexibility index (Phi) is 3.85. The molecule has 1 heterocycles. The van der Waals surface area contributed by atoms with Crippen LogP contribution in [0.1, 0.15) is 17.5 Å². The lowest BCUT2D eigenvalue weighted by Crippen LogP contribution is -2.30. The Morgan fingerprint density at radius 3 is 2.68 bits per heavy atom. The van der Waals surface area contributed by atoms with Crippen molar-refractivity contribution in [1.29, 1.82) is 0 Å². The molecule has 0 aromatic heterocycles. The van der Waals surface area contributed by atoms with Gasteiger partial charge in [0.2, 0.25) is 10.0 Å². The maximum Gasteiger partial charge on any atom is 0.243 e. The number of aryl methyl sites for hydroxylation is 1. The third kappa shape index (κ3) is 2.48. The number of nitrogens with two attached hydrogens (primary N) is 1. The second-order valence-electron chi connectivity index (χ2n) is 5.13. The van der Waals surface area contributed by atoms with Crippen LogP contribution >= 0.6 is 0 Å². The van der Waals surface area contributed by atoms with Crippen LogP contribution < -0.4 is 5.73 Å². The smallest absolute Gasteiger partial charge is 0.243 e. The number of nitrogens with zero attached hydrogens (tertiary/aromatic N) is 1. The first kappa shape index (κ1) is 14.3. The summed E-state index contributed by atoms with van der Waals surface area (Å²) in [6, 6.07) is 3.46. The van der Waals surface area contributed by atoms with E-state index in [-0.39, 0.29) is 12.5 Å². The van der Waals surface area contributed by atoms with Crippen molar-refractivity contribution in [2.75, 3.05) is 25.4 Å². The lowest BCUT2D eigenvalue weighted by molar-refractivity contribution is 0.233. The highest BCUT2D eigenvalue weighted by Gasteiger charge is 2.34. The van der Waals surface area contributed by atoms with Gasteiger partial charge in [-0.2, -0.15) is 4.31 Å². The highest BCUT2D eigenvalue weighted by atomic mass is 32.2. The molecule has 3 N–H and O–H groups in total. The minimum absolute atomic E-state index is 0.0287. The van der Waals surface area contributed by atoms with E-state index in [1.807, 2.05) is 0 Å². The number of aliphatic hydroxyl groups excluding tert-OH is 1. The number of sulfonamides is 1. The van der Waals surface area contributed by atoms with Crippen LogP contribution in [0.3, 0.4) is 0 Å². The second kappa shape index (κ2) is 5.11. The molecule has 0 amide bonds. The highest BCUT2D eigenvalue weighted by Crippen LogP contribution is 2.30. The Balaban J connectivity index is 2.44. The fourth-order valence-electron chi connectivity index (χ4n) is 2.53. The summed E-state index contributed by atoms with van der Waals surface area (Å²) in [7, 11) is -3.52. The maximum atomic E-state index is 12.7. The van der Waals surface area contributed by atoms with Crippen LogP contribution in [0.2, 0.25) is 0 Å². The summed E-state index contributed by atoms with van der Waals surface area (Å²) < 4.78 is 26.8. The quantitative estimate of drug-likeness (QED) is 0.807. The summed E-state index contributed by atoms with van der Waals surface area (Å²) in [5.74, 6) is 0.0384. The Labute approximate surface area is 114 Å². The van der Waals surface area contributed by atoms with Gasteiger partial charge in [-0.3, -0.25) is 0 Å². The summed E-state index contributed by atoms with van der Waals surface area (Å²) in [5, 5.41) is 9.13. The molecule has 0 spiro atoms. The molecule has 5 nitrogen and oxygen atoms in total. The molecule has 6 heteroatoms. The van der Waals surface area contributed by atoms with Gasteiger partial charge in [-0.05, 0) is 43.4 Å². The maximum absolute atomic E-state index is 12.7. The van der Waals surface area contributed by atoms with Crippen LogP contribution in [0.4, 0.5) is 5.69 Å². The van der Waals surface area contributed by atoms with E-state index in [1.54, 1.807) is 26.0 Å². The third-order valence-corrected chi connectivity index (χ3v) is 5.90. The minimum Gasteiger partial charge on any atom is -0.398 e. The molecule has 1 aliphatic heterocycles. The molecule has 1 aromatic rings. The van der Waals surface area contributed by atoms with Crippen LogP contribution in [-0.2, 0) is 10.0 Å². The monoisotopic (exact) mass is 284 g/mol. The van der Waals surface area contributed by atoms with Gasteiger partial charge in [-0.15, -0.1) is 0 Å². The van der Waals surface area contributed by atoms with E-state index in [4.69, 9.17) is 10.8 Å². The average Bonchev–Trinajstić information content (AvgIpc) is 2.83. The molecule has 1 aromatic carbocycles. The second-order valence-corrected chi connectivity index (χ2v) is 7.00. The first-order chi connectivity index (χ1) is 8.87. The Bertz CT molecular complexity index is 584. The Hall–Kier alpha value is -1.11. The van der Waals surface area contributed by atoms with E-state index in [0.717, 1.165) is 0 Å². The van der Waals surface area contributed by atoms with Crippen molar-refractivity contribution in [1.82, 2.24) is 4.31 Å². The van der Waals surface area contributed by atoms with E-state index in [2.05, 4.69) is 0 Å². The number of anilines is 1. The molecule has 1 atom stereocenters. The van der Waals surface area contributed by atoms with Crippen LogP contribution in [-0.4, -0.2) is 37.5 Å². The van der Waals surface area contributed by atoms with E-state index in [9.17, 15) is 8.42 Å². The molecule has 19 heavy (non-hydrogen) atoms. The zero-order valence-electron chi connectivity index (χ0n) is 11.3. The predicted octanol–water partition coefficient (Wildman–Crippen LogP) is 0.889. The molecular formula is C13H20N2O3S. The van der Waals surface area contributed by atoms with E-state index >= 15 is 0 Å². The molecule has 1 saturated heterocycles. The van der Waals surface area contributed by atoms with Crippen LogP contribution in [0, 0.1) is 19.8 Å². The van der Waals surface area contributed by atoms with Gasteiger partial charge in [-0.1, -0.05) is 6.07 Å². The van der Waals surface area contributed by atoms with Crippen LogP contribution in [0.5, 0.6) is 0 Å². The van der Waals surface area contributed by atoms with Gasteiger partial charge in [0.05, 0.1) is 4.90 Å². The molecule has 106 valence electrons. The third-order valence-electron chi connectivity index (χ3n) is 3.75. The molecule has 2 rings (SSSR count). The minimum atomic E-state index is -3.52. The van der Waals surface area contributed by atoms with Crippen molar-refractivity contribution >= 4 is 15.7 Å². The fourth-order valence-corrected chi connectivity index (χ4v) is 4.52. The van der Waals surface area contributed by atoms with Gasteiger partial charge in [0, 0.05) is 25.4 Å². The molecule has 0 bridgehead atoms. The van der Waals surface area contributed by atoms with E-state index in [0.29, 0.717) is 41.2 Å². The lowest BCUT2D eigenvalue weighted by Gasteiger charge is -2.20. The van der Waals surface area contributed by atoms with Gasteiger partial charge >= 0.3 is 0 Å². The molecule has 0 aliphatic carbocycles. The SMILES string of the molecule is Cc1ccc(N)c(C)c1S(=O)(=O)N1CCC(CO)C1. The molecule has 1 aliphatic rings. The van der Waals surface area contributed by atoms with Crippen molar-refractivity contribution in [2.24, 2.45) is 5.92 Å². The van der Waals surface area contributed by atoms with E-state index < -0.39 is 10.0 Å². The van der Waals surface area contributed by atoms with Gasteiger partial charge in [-0.25, -0.2) is 8.42 Å². The van der Waals surface area contributed by atoms with Gasteiger partial charge in [0.25, 0.3) is 0 Å². The standard InChI is InChI=1S/C13H20N2O3S/c1-9-3-4-12(14)10(2)13(9)19(17,18)15-6-5-11(7-15)8-16/h3-4,11,16H,5-8,14H2,1-2H3. The number of benzene rings is 1.